The van der Waals surface area contributed by atoms with Crippen molar-refractivity contribution in [2.24, 2.45) is 0 Å². The molecule has 1 fully saturated rings. The number of nitrogens with zero attached hydrogens (tertiary/aromatic N) is 4. The zero-order valence-corrected chi connectivity index (χ0v) is 19.3. The summed E-state index contributed by atoms with van der Waals surface area (Å²) in [5, 5.41) is 17.0. The molecule has 8 nitrogen and oxygen atoms in total. The maximum Gasteiger partial charge on any atom is 0.266 e. The van der Waals surface area contributed by atoms with E-state index in [1.54, 1.807) is 16.2 Å². The van der Waals surface area contributed by atoms with Crippen LogP contribution in [-0.2, 0) is 11.2 Å². The number of thiocarbonyl (C=S) groups is 1. The number of hydrogen-bond donors (Lipinski definition) is 3. The molecule has 0 aliphatic carbocycles. The van der Waals surface area contributed by atoms with Crippen LogP contribution in [0.15, 0.2) is 40.7 Å². The van der Waals surface area contributed by atoms with Crippen molar-refractivity contribution in [2.45, 2.75) is 19.3 Å². The van der Waals surface area contributed by atoms with E-state index >= 15 is 0 Å². The minimum Gasteiger partial charge on any atom is -0.397 e. The number of hydrogen-bond acceptors (Lipinski definition) is 8. The quantitative estimate of drug-likeness (QED) is 0.157. The molecule has 5 rings (SSSR count). The lowest BCUT2D eigenvalue weighted by Crippen LogP contribution is -2.29. The van der Waals surface area contributed by atoms with Crippen molar-refractivity contribution in [3.05, 3.63) is 51.4 Å². The van der Waals surface area contributed by atoms with Gasteiger partial charge in [-0.05, 0) is 59.7 Å². The first-order chi connectivity index (χ1) is 15.6. The molecule has 11 heteroatoms. The Labute approximate surface area is 197 Å². The van der Waals surface area contributed by atoms with Gasteiger partial charge in [0.15, 0.2) is 5.82 Å². The van der Waals surface area contributed by atoms with Crippen LogP contribution in [-0.4, -0.2) is 47.3 Å². The zero-order valence-electron chi connectivity index (χ0n) is 16.9. The van der Waals surface area contributed by atoms with E-state index < -0.39 is 0 Å². The lowest BCUT2D eigenvalue weighted by molar-refractivity contribution is -0.122. The summed E-state index contributed by atoms with van der Waals surface area (Å²) in [7, 11) is 0. The van der Waals surface area contributed by atoms with E-state index in [0.717, 1.165) is 51.9 Å². The van der Waals surface area contributed by atoms with Crippen LogP contribution in [0.4, 0.5) is 5.69 Å². The summed E-state index contributed by atoms with van der Waals surface area (Å²) in [6.45, 7) is 0.589. The monoisotopic (exact) mass is 481 g/mol. The molecule has 0 bridgehead atoms. The van der Waals surface area contributed by atoms with Crippen LogP contribution in [0.1, 0.15) is 23.5 Å². The highest BCUT2D eigenvalue weighted by Gasteiger charge is 2.31. The zero-order chi connectivity index (χ0) is 22.1. The number of aryl methyl sites for hydroxylation is 1. The predicted molar refractivity (Wildman–Crippen MR) is 133 cm³/mol. The smallest absolute Gasteiger partial charge is 0.266 e. The standard InChI is InChI=1S/C21H19N7OS3/c22-16-9-13(7-12-4-5-23-19(12)16)14-8-15(31-11-14)10-17-20(29)28(21(30)32-17)6-2-1-3-18-24-26-27-25-18/h4-5,7-11,23H,1-3,6,22H2,(H,24,25,26,27)/b17-10-. The number of rotatable bonds is 7. The number of carbonyl (C=O) groups excluding carboxylic acids is 1. The Morgan fingerprint density at radius 1 is 1.22 bits per heavy atom. The normalized spacial score (nSPS) is 15.5. The van der Waals surface area contributed by atoms with Gasteiger partial charge in [0.05, 0.1) is 16.1 Å². The first-order valence-electron chi connectivity index (χ1n) is 10.0. The van der Waals surface area contributed by atoms with Crippen LogP contribution in [0.2, 0.25) is 0 Å². The molecular formula is C21H19N7OS3. The maximum absolute atomic E-state index is 12.9. The van der Waals surface area contributed by atoms with Crippen LogP contribution in [0.3, 0.4) is 0 Å². The summed E-state index contributed by atoms with van der Waals surface area (Å²) in [6, 6.07) is 8.17. The summed E-state index contributed by atoms with van der Waals surface area (Å²) >= 11 is 8.40. The average molecular weight is 482 g/mol. The van der Waals surface area contributed by atoms with Gasteiger partial charge in [-0.1, -0.05) is 29.2 Å². The summed E-state index contributed by atoms with van der Waals surface area (Å²) in [4.78, 5) is 19.4. The first-order valence-corrected chi connectivity index (χ1v) is 12.1. The summed E-state index contributed by atoms with van der Waals surface area (Å²) in [6.07, 6.45) is 6.21. The maximum atomic E-state index is 12.9. The van der Waals surface area contributed by atoms with Crippen LogP contribution >= 0.6 is 35.3 Å². The molecule has 0 radical (unpaired) electrons. The van der Waals surface area contributed by atoms with Gasteiger partial charge in [-0.25, -0.2) is 0 Å². The molecule has 0 saturated carbocycles. The number of aromatic amines is 2. The van der Waals surface area contributed by atoms with Crippen molar-refractivity contribution in [3.8, 4) is 11.1 Å². The van der Waals surface area contributed by atoms with E-state index in [-0.39, 0.29) is 5.91 Å². The Balaban J connectivity index is 1.26. The molecule has 4 aromatic rings. The Morgan fingerprint density at radius 2 is 2.12 bits per heavy atom. The molecule has 0 atom stereocenters. The average Bonchev–Trinajstić information content (AvgIpc) is 3.56. The molecule has 1 aliphatic rings. The van der Waals surface area contributed by atoms with Gasteiger partial charge in [0.1, 0.15) is 4.32 Å². The number of anilines is 1. The van der Waals surface area contributed by atoms with Gasteiger partial charge < -0.3 is 10.7 Å². The van der Waals surface area contributed by atoms with Gasteiger partial charge in [-0.3, -0.25) is 9.69 Å². The number of aromatic nitrogens is 5. The SMILES string of the molecule is Nc1cc(-c2csc(/C=C3\SC(=S)N(CCCCc4nn[nH]n4)C3=O)c2)cc2cc[nH]c12. The van der Waals surface area contributed by atoms with Crippen molar-refractivity contribution < 1.29 is 4.79 Å². The highest BCUT2D eigenvalue weighted by atomic mass is 32.2. The fourth-order valence-electron chi connectivity index (χ4n) is 3.61. The van der Waals surface area contributed by atoms with Gasteiger partial charge in [0.2, 0.25) is 0 Å². The number of nitrogen functional groups attached to an aromatic ring is 1. The molecule has 32 heavy (non-hydrogen) atoms. The molecule has 162 valence electrons. The number of nitrogens with one attached hydrogen (secondary N) is 2. The molecule has 0 spiro atoms. The number of fused-ring (bicyclic) bond motifs is 1. The van der Waals surface area contributed by atoms with E-state index in [2.05, 4.69) is 43.1 Å². The number of thiophene rings is 1. The van der Waals surface area contributed by atoms with Crippen LogP contribution in [0, 0.1) is 0 Å². The molecule has 4 N–H and O–H groups in total. The third-order valence-electron chi connectivity index (χ3n) is 5.21. The van der Waals surface area contributed by atoms with Crippen molar-refractivity contribution in [3.63, 3.8) is 0 Å². The third kappa shape index (κ3) is 4.18. The number of thioether (sulfide) groups is 1. The second-order valence-electron chi connectivity index (χ2n) is 7.36. The van der Waals surface area contributed by atoms with Crippen LogP contribution < -0.4 is 5.73 Å². The van der Waals surface area contributed by atoms with Gasteiger partial charge in [-0.2, -0.15) is 5.21 Å². The van der Waals surface area contributed by atoms with Crippen LogP contribution in [0.5, 0.6) is 0 Å². The number of H-pyrrole nitrogens is 2. The van der Waals surface area contributed by atoms with E-state index in [0.29, 0.717) is 21.6 Å². The van der Waals surface area contributed by atoms with Crippen molar-refractivity contribution >= 4 is 68.2 Å². The number of amides is 1. The Hall–Kier alpha value is -3.02. The molecule has 0 unspecified atom stereocenters. The second kappa shape index (κ2) is 8.85. The Bertz CT molecular complexity index is 1320. The molecule has 1 aromatic carbocycles. The summed E-state index contributed by atoms with van der Waals surface area (Å²) in [5.74, 6) is 0.647. The molecule has 1 amide bonds. The molecule has 1 aliphatic heterocycles. The number of carbonyl (C=O) groups is 1. The van der Waals surface area contributed by atoms with E-state index in [1.165, 1.54) is 11.8 Å². The number of tetrazole rings is 1. The van der Waals surface area contributed by atoms with Gasteiger partial charge in [0, 0.05) is 29.4 Å². The van der Waals surface area contributed by atoms with E-state index in [4.69, 9.17) is 18.0 Å². The van der Waals surface area contributed by atoms with E-state index in [1.807, 2.05) is 24.4 Å². The third-order valence-corrected chi connectivity index (χ3v) is 7.47. The van der Waals surface area contributed by atoms with Crippen molar-refractivity contribution in [1.29, 1.82) is 0 Å². The summed E-state index contributed by atoms with van der Waals surface area (Å²) in [5.41, 5.74) is 9.98. The fraction of sp³-hybridized carbons (Fsp3) is 0.190. The lowest BCUT2D eigenvalue weighted by Gasteiger charge is -2.13. The molecule has 3 aromatic heterocycles. The summed E-state index contributed by atoms with van der Waals surface area (Å²) < 4.78 is 0.600. The first kappa shape index (κ1) is 20.9. The molecular weight excluding hydrogens is 462 g/mol. The van der Waals surface area contributed by atoms with Gasteiger partial charge >= 0.3 is 0 Å². The highest BCUT2D eigenvalue weighted by molar-refractivity contribution is 8.26. The number of benzene rings is 1. The van der Waals surface area contributed by atoms with Crippen LogP contribution in [0.25, 0.3) is 28.1 Å². The number of nitrogens with two attached hydrogens (primary N) is 1. The molecule has 1 saturated heterocycles. The Morgan fingerprint density at radius 3 is 2.97 bits per heavy atom. The minimum absolute atomic E-state index is 0.0347. The van der Waals surface area contributed by atoms with Crippen molar-refractivity contribution in [1.82, 2.24) is 30.5 Å². The molecule has 4 heterocycles. The largest absolute Gasteiger partial charge is 0.397 e. The topological polar surface area (TPSA) is 117 Å². The lowest BCUT2D eigenvalue weighted by atomic mass is 10.1. The van der Waals surface area contributed by atoms with Crippen molar-refractivity contribution in [2.75, 3.05) is 12.3 Å². The fourth-order valence-corrected chi connectivity index (χ4v) is 5.83. The second-order valence-corrected chi connectivity index (χ2v) is 9.98. The predicted octanol–water partition coefficient (Wildman–Crippen LogP) is 4.22. The minimum atomic E-state index is -0.0347. The highest BCUT2D eigenvalue weighted by Crippen LogP contribution is 2.36. The van der Waals surface area contributed by atoms with Gasteiger partial charge in [-0.15, -0.1) is 21.5 Å². The number of unbranched alkanes of at least 4 members (excludes halogenated alkanes) is 1. The van der Waals surface area contributed by atoms with E-state index in [9.17, 15) is 4.79 Å². The Kier molecular flexibility index (Phi) is 5.77. The van der Waals surface area contributed by atoms with Gasteiger partial charge in [0.25, 0.3) is 5.91 Å².